The van der Waals surface area contributed by atoms with Gasteiger partial charge in [-0.1, -0.05) is 4.49 Å². The fourth-order valence-corrected chi connectivity index (χ4v) is 2.20. The van der Waals surface area contributed by atoms with Crippen LogP contribution in [0.1, 0.15) is 25.5 Å². The van der Waals surface area contributed by atoms with Gasteiger partial charge >= 0.3 is 0 Å². The Morgan fingerprint density at radius 2 is 2.64 bits per heavy atom. The molecular weight excluding hydrogens is 198 g/mol. The Kier molecular flexibility index (Phi) is 2.60. The standard InChI is InChI=1S/C9H13N3OS/c1-9(3-2-4-10-9)8(13)5-7-6-14-12-11-7/h6,10H,2-5H2,1H3. The molecule has 1 aromatic rings. The summed E-state index contributed by atoms with van der Waals surface area (Å²) in [5, 5.41) is 8.96. The Morgan fingerprint density at radius 1 is 1.79 bits per heavy atom. The zero-order chi connectivity index (χ0) is 10.0. The quantitative estimate of drug-likeness (QED) is 0.803. The van der Waals surface area contributed by atoms with Crippen molar-refractivity contribution in [1.29, 1.82) is 0 Å². The van der Waals surface area contributed by atoms with Crippen LogP contribution in [0.2, 0.25) is 0 Å². The van der Waals surface area contributed by atoms with Crippen molar-refractivity contribution >= 4 is 17.3 Å². The maximum absolute atomic E-state index is 11.9. The van der Waals surface area contributed by atoms with Gasteiger partial charge in [0.1, 0.15) is 0 Å². The molecule has 1 N–H and O–H groups in total. The first-order chi connectivity index (χ1) is 6.71. The number of nitrogens with one attached hydrogen (secondary N) is 1. The van der Waals surface area contributed by atoms with Crippen molar-refractivity contribution in [2.45, 2.75) is 31.7 Å². The van der Waals surface area contributed by atoms with Gasteiger partial charge in [-0.3, -0.25) is 4.79 Å². The molecule has 1 aliphatic heterocycles. The number of hydrogen-bond donors (Lipinski definition) is 1. The number of nitrogens with zero attached hydrogens (tertiary/aromatic N) is 2. The van der Waals surface area contributed by atoms with Crippen LogP contribution in [0.15, 0.2) is 5.38 Å². The van der Waals surface area contributed by atoms with E-state index in [1.807, 2.05) is 12.3 Å². The highest BCUT2D eigenvalue weighted by Gasteiger charge is 2.35. The van der Waals surface area contributed by atoms with E-state index >= 15 is 0 Å². The molecule has 1 fully saturated rings. The van der Waals surface area contributed by atoms with Crippen molar-refractivity contribution in [3.63, 3.8) is 0 Å². The SMILES string of the molecule is CC1(C(=O)Cc2csnn2)CCCN1. The summed E-state index contributed by atoms with van der Waals surface area (Å²) in [6.07, 6.45) is 2.42. The molecule has 5 heteroatoms. The predicted molar refractivity (Wildman–Crippen MR) is 54.3 cm³/mol. The summed E-state index contributed by atoms with van der Waals surface area (Å²) >= 11 is 1.29. The first kappa shape index (κ1) is 9.73. The minimum atomic E-state index is -0.330. The molecule has 0 aliphatic carbocycles. The summed E-state index contributed by atoms with van der Waals surface area (Å²) in [6.45, 7) is 2.92. The molecule has 1 atom stereocenters. The van der Waals surface area contributed by atoms with E-state index in [1.165, 1.54) is 11.5 Å². The van der Waals surface area contributed by atoms with E-state index in [-0.39, 0.29) is 11.3 Å². The molecule has 4 nitrogen and oxygen atoms in total. The summed E-state index contributed by atoms with van der Waals surface area (Å²) in [4.78, 5) is 11.9. The Labute approximate surface area is 86.9 Å². The fourth-order valence-electron chi connectivity index (χ4n) is 1.75. The smallest absolute Gasteiger partial charge is 0.158 e. The van der Waals surface area contributed by atoms with Crippen molar-refractivity contribution < 1.29 is 4.79 Å². The van der Waals surface area contributed by atoms with Gasteiger partial charge in [0.15, 0.2) is 5.78 Å². The number of Topliss-reactive ketones (excluding diaryl/α,β-unsaturated/α-hetero) is 1. The number of ketones is 1. The second-order valence-corrected chi connectivity index (χ2v) is 4.47. The highest BCUT2D eigenvalue weighted by molar-refractivity contribution is 7.03. The van der Waals surface area contributed by atoms with Crippen molar-refractivity contribution in [1.82, 2.24) is 14.9 Å². The van der Waals surface area contributed by atoms with Crippen LogP contribution in [0.4, 0.5) is 0 Å². The van der Waals surface area contributed by atoms with Crippen LogP contribution < -0.4 is 5.32 Å². The van der Waals surface area contributed by atoms with Gasteiger partial charge in [0, 0.05) is 5.38 Å². The molecule has 0 bridgehead atoms. The van der Waals surface area contributed by atoms with E-state index in [9.17, 15) is 4.79 Å². The Bertz CT molecular complexity index is 317. The summed E-state index contributed by atoms with van der Waals surface area (Å²) < 4.78 is 3.74. The average Bonchev–Trinajstić information content (AvgIpc) is 2.76. The van der Waals surface area contributed by atoms with Gasteiger partial charge in [-0.2, -0.15) is 0 Å². The molecule has 0 radical (unpaired) electrons. The van der Waals surface area contributed by atoms with Gasteiger partial charge in [-0.05, 0) is 37.8 Å². The average molecular weight is 211 g/mol. The third kappa shape index (κ3) is 1.83. The lowest BCUT2D eigenvalue weighted by atomic mass is 9.92. The molecule has 2 rings (SSSR count). The normalized spacial score (nSPS) is 26.6. The Balaban J connectivity index is 2.02. The summed E-state index contributed by atoms with van der Waals surface area (Å²) in [5.74, 6) is 0.225. The van der Waals surface area contributed by atoms with Gasteiger partial charge < -0.3 is 5.32 Å². The third-order valence-corrected chi connectivity index (χ3v) is 3.28. The maximum atomic E-state index is 11.9. The van der Waals surface area contributed by atoms with E-state index in [2.05, 4.69) is 14.9 Å². The van der Waals surface area contributed by atoms with E-state index in [0.29, 0.717) is 6.42 Å². The van der Waals surface area contributed by atoms with Gasteiger partial charge in [0.05, 0.1) is 17.7 Å². The first-order valence-corrected chi connectivity index (χ1v) is 5.59. The molecule has 1 aromatic heterocycles. The van der Waals surface area contributed by atoms with Gasteiger partial charge in [-0.25, -0.2) is 0 Å². The van der Waals surface area contributed by atoms with Crippen LogP contribution >= 0.6 is 11.5 Å². The molecule has 1 unspecified atom stereocenters. The monoisotopic (exact) mass is 211 g/mol. The summed E-state index contributed by atoms with van der Waals surface area (Å²) in [6, 6.07) is 0. The van der Waals surface area contributed by atoms with Crippen molar-refractivity contribution in [2.24, 2.45) is 0 Å². The van der Waals surface area contributed by atoms with Crippen molar-refractivity contribution in [3.8, 4) is 0 Å². The molecule has 1 aliphatic rings. The fraction of sp³-hybridized carbons (Fsp3) is 0.667. The molecule has 1 saturated heterocycles. The molecular formula is C9H13N3OS. The van der Waals surface area contributed by atoms with Gasteiger partial charge in [0.2, 0.25) is 0 Å². The number of carbonyl (C=O) groups excluding carboxylic acids is 1. The Hall–Kier alpha value is -0.810. The Morgan fingerprint density at radius 3 is 3.21 bits per heavy atom. The van der Waals surface area contributed by atoms with Crippen LogP contribution in [-0.2, 0) is 11.2 Å². The molecule has 76 valence electrons. The zero-order valence-electron chi connectivity index (χ0n) is 8.12. The van der Waals surface area contributed by atoms with E-state index in [1.54, 1.807) is 0 Å². The number of rotatable bonds is 3. The van der Waals surface area contributed by atoms with Crippen molar-refractivity contribution in [2.75, 3.05) is 6.54 Å². The van der Waals surface area contributed by atoms with E-state index in [0.717, 1.165) is 25.1 Å². The highest BCUT2D eigenvalue weighted by Crippen LogP contribution is 2.21. The minimum Gasteiger partial charge on any atom is -0.305 e. The van der Waals surface area contributed by atoms with Crippen molar-refractivity contribution in [3.05, 3.63) is 11.1 Å². The van der Waals surface area contributed by atoms with Crippen LogP contribution in [0.3, 0.4) is 0 Å². The predicted octanol–water partition coefficient (Wildman–Crippen LogP) is 0.792. The summed E-state index contributed by atoms with van der Waals surface area (Å²) in [5.41, 5.74) is 0.457. The lowest BCUT2D eigenvalue weighted by Gasteiger charge is -2.21. The number of aromatic nitrogens is 2. The van der Waals surface area contributed by atoms with Gasteiger partial charge in [-0.15, -0.1) is 5.10 Å². The lowest BCUT2D eigenvalue weighted by Crippen LogP contribution is -2.45. The molecule has 0 aromatic carbocycles. The molecule has 0 spiro atoms. The van der Waals surface area contributed by atoms with Crippen LogP contribution in [0, 0.1) is 0 Å². The topological polar surface area (TPSA) is 54.9 Å². The minimum absolute atomic E-state index is 0.225. The molecule has 0 amide bonds. The second kappa shape index (κ2) is 3.74. The van der Waals surface area contributed by atoms with Crippen LogP contribution in [0.25, 0.3) is 0 Å². The summed E-state index contributed by atoms with van der Waals surface area (Å²) in [7, 11) is 0. The van der Waals surface area contributed by atoms with E-state index in [4.69, 9.17) is 0 Å². The molecule has 2 heterocycles. The van der Waals surface area contributed by atoms with E-state index < -0.39 is 0 Å². The second-order valence-electron chi connectivity index (χ2n) is 3.86. The number of carbonyl (C=O) groups is 1. The lowest BCUT2D eigenvalue weighted by molar-refractivity contribution is -0.123. The van der Waals surface area contributed by atoms with Crippen LogP contribution in [0.5, 0.6) is 0 Å². The third-order valence-electron chi connectivity index (χ3n) is 2.73. The zero-order valence-corrected chi connectivity index (χ0v) is 8.93. The van der Waals surface area contributed by atoms with Gasteiger partial charge in [0.25, 0.3) is 0 Å². The molecule has 14 heavy (non-hydrogen) atoms. The highest BCUT2D eigenvalue weighted by atomic mass is 32.1. The first-order valence-electron chi connectivity index (χ1n) is 4.75. The molecule has 0 saturated carbocycles. The maximum Gasteiger partial charge on any atom is 0.158 e. The largest absolute Gasteiger partial charge is 0.305 e. The van der Waals surface area contributed by atoms with Crippen LogP contribution in [-0.4, -0.2) is 27.5 Å². The number of hydrogen-bond acceptors (Lipinski definition) is 5.